The average Bonchev–Trinajstić information content (AvgIpc) is 2.66. The quantitative estimate of drug-likeness (QED) is 0.599. The summed E-state index contributed by atoms with van der Waals surface area (Å²) >= 11 is 4.73. The van der Waals surface area contributed by atoms with Gasteiger partial charge in [0.05, 0.1) is 0 Å². The summed E-state index contributed by atoms with van der Waals surface area (Å²) in [6.45, 7) is 1.84. The van der Waals surface area contributed by atoms with Gasteiger partial charge in [-0.05, 0) is 36.9 Å². The van der Waals surface area contributed by atoms with Crippen LogP contribution in [0.3, 0.4) is 0 Å². The van der Waals surface area contributed by atoms with Crippen molar-refractivity contribution in [3.8, 4) is 0 Å². The van der Waals surface area contributed by atoms with E-state index in [4.69, 9.17) is 11.1 Å². The molecule has 0 amide bonds. The molecular weight excluding hydrogens is 302 g/mol. The van der Waals surface area contributed by atoms with Crippen molar-refractivity contribution in [2.45, 2.75) is 17.0 Å². The number of nitrogens with one attached hydrogen (secondary N) is 2. The van der Waals surface area contributed by atoms with Gasteiger partial charge in [-0.15, -0.1) is 5.10 Å². The lowest BCUT2D eigenvalue weighted by atomic mass is 10.2. The van der Waals surface area contributed by atoms with Gasteiger partial charge < -0.3 is 5.73 Å². The Balaban J connectivity index is 2.35. The fraction of sp³-hybridized carbons (Fsp3) is 0.100. The van der Waals surface area contributed by atoms with Crippen molar-refractivity contribution < 1.29 is 0 Å². The molecule has 2 aromatic rings. The molecule has 1 heterocycles. The van der Waals surface area contributed by atoms with Crippen LogP contribution in [0.2, 0.25) is 0 Å². The van der Waals surface area contributed by atoms with E-state index in [1.165, 1.54) is 11.8 Å². The molecule has 7 heteroatoms. The van der Waals surface area contributed by atoms with Crippen LogP contribution in [0, 0.1) is 12.3 Å². The van der Waals surface area contributed by atoms with Crippen LogP contribution in [-0.2, 0) is 0 Å². The molecule has 0 unspecified atom stereocenters. The summed E-state index contributed by atoms with van der Waals surface area (Å²) in [6.07, 6.45) is 0. The minimum atomic E-state index is 0.0288. The van der Waals surface area contributed by atoms with Gasteiger partial charge in [-0.3, -0.25) is 10.5 Å². The van der Waals surface area contributed by atoms with Crippen molar-refractivity contribution in [2.24, 2.45) is 5.73 Å². The van der Waals surface area contributed by atoms with E-state index in [9.17, 15) is 0 Å². The lowest BCUT2D eigenvalue weighted by molar-refractivity contribution is 0.969. The number of aromatic amines is 1. The molecule has 0 radical (unpaired) electrons. The lowest BCUT2D eigenvalue weighted by Crippen LogP contribution is -2.12. The van der Waals surface area contributed by atoms with Crippen molar-refractivity contribution >= 4 is 33.5 Å². The number of benzene rings is 1. The van der Waals surface area contributed by atoms with Crippen molar-refractivity contribution in [2.75, 3.05) is 0 Å². The number of aromatic nitrogens is 3. The topological polar surface area (TPSA) is 91.4 Å². The summed E-state index contributed by atoms with van der Waals surface area (Å²) < 4.78 is 0.887. The zero-order valence-electron chi connectivity index (χ0n) is 8.99. The molecule has 0 bridgehead atoms. The van der Waals surface area contributed by atoms with Gasteiger partial charge in [0.15, 0.2) is 0 Å². The molecule has 0 aliphatic carbocycles. The van der Waals surface area contributed by atoms with E-state index in [1.54, 1.807) is 0 Å². The van der Waals surface area contributed by atoms with E-state index in [0.29, 0.717) is 10.7 Å². The normalized spacial score (nSPS) is 10.5. The fourth-order valence-corrected chi connectivity index (χ4v) is 2.51. The van der Waals surface area contributed by atoms with Crippen LogP contribution >= 0.6 is 27.7 Å². The molecule has 0 saturated carbocycles. The maximum atomic E-state index is 7.54. The molecule has 0 aliphatic heterocycles. The highest BCUT2D eigenvalue weighted by Crippen LogP contribution is 2.29. The second kappa shape index (κ2) is 4.89. The number of rotatable bonds is 3. The Hall–Kier alpha value is -1.34. The van der Waals surface area contributed by atoms with E-state index >= 15 is 0 Å². The van der Waals surface area contributed by atoms with E-state index in [-0.39, 0.29) is 5.84 Å². The zero-order valence-corrected chi connectivity index (χ0v) is 11.4. The van der Waals surface area contributed by atoms with Crippen molar-refractivity contribution in [3.05, 3.63) is 34.1 Å². The maximum absolute atomic E-state index is 7.54. The molecule has 0 atom stereocenters. The van der Waals surface area contributed by atoms with Crippen LogP contribution < -0.4 is 5.73 Å². The number of aryl methyl sites for hydroxylation is 1. The van der Waals surface area contributed by atoms with Gasteiger partial charge >= 0.3 is 0 Å². The molecule has 0 fully saturated rings. The van der Waals surface area contributed by atoms with Gasteiger partial charge in [-0.1, -0.05) is 15.9 Å². The smallest absolute Gasteiger partial charge is 0.213 e. The van der Waals surface area contributed by atoms with Gasteiger partial charge in [0, 0.05) is 14.9 Å². The van der Waals surface area contributed by atoms with Crippen LogP contribution in [0.5, 0.6) is 0 Å². The average molecular weight is 312 g/mol. The highest BCUT2D eigenvalue weighted by Gasteiger charge is 2.10. The summed E-state index contributed by atoms with van der Waals surface area (Å²) in [5.41, 5.74) is 6.22. The predicted octanol–water partition coefficient (Wildman–Crippen LogP) is 2.31. The van der Waals surface area contributed by atoms with Crippen LogP contribution in [0.15, 0.2) is 32.7 Å². The maximum Gasteiger partial charge on any atom is 0.213 e. The Labute approximate surface area is 111 Å². The number of nitrogens with two attached hydrogens (primary N) is 1. The third-order valence-corrected chi connectivity index (χ3v) is 3.44. The first kappa shape index (κ1) is 12.1. The second-order valence-corrected chi connectivity index (χ2v) is 5.28. The van der Waals surface area contributed by atoms with Gasteiger partial charge in [-0.2, -0.15) is 0 Å². The number of H-pyrrole nitrogens is 1. The summed E-state index contributed by atoms with van der Waals surface area (Å²) in [5.74, 6) is 0.787. The van der Waals surface area contributed by atoms with Gasteiger partial charge in [-0.25, -0.2) is 4.98 Å². The highest BCUT2D eigenvalue weighted by atomic mass is 79.9. The van der Waals surface area contributed by atoms with Crippen LogP contribution in [-0.4, -0.2) is 21.0 Å². The molecule has 2 rings (SSSR count). The van der Waals surface area contributed by atoms with E-state index in [1.807, 2.05) is 25.1 Å². The Morgan fingerprint density at radius 2 is 2.29 bits per heavy atom. The number of nitrogens with zero attached hydrogens (tertiary/aromatic N) is 2. The second-order valence-electron chi connectivity index (χ2n) is 3.36. The lowest BCUT2D eigenvalue weighted by Gasteiger charge is -2.06. The van der Waals surface area contributed by atoms with Gasteiger partial charge in [0.1, 0.15) is 11.7 Å². The third-order valence-electron chi connectivity index (χ3n) is 2.01. The third kappa shape index (κ3) is 2.86. The van der Waals surface area contributed by atoms with Crippen LogP contribution in [0.1, 0.15) is 11.4 Å². The summed E-state index contributed by atoms with van der Waals surface area (Å²) in [4.78, 5) is 5.06. The molecule has 0 spiro atoms. The Bertz CT molecular complexity index is 566. The number of hydrogen-bond acceptors (Lipinski definition) is 4. The highest BCUT2D eigenvalue weighted by molar-refractivity contribution is 9.10. The monoisotopic (exact) mass is 311 g/mol. The van der Waals surface area contributed by atoms with Crippen LogP contribution in [0.4, 0.5) is 0 Å². The minimum absolute atomic E-state index is 0.0288. The summed E-state index contributed by atoms with van der Waals surface area (Å²) in [5, 5.41) is 15.0. The molecule has 17 heavy (non-hydrogen) atoms. The van der Waals surface area contributed by atoms with E-state index in [0.717, 1.165) is 15.2 Å². The number of nitrogen functional groups attached to an aromatic ring is 1. The predicted molar refractivity (Wildman–Crippen MR) is 70.4 cm³/mol. The first-order valence-electron chi connectivity index (χ1n) is 4.77. The first-order chi connectivity index (χ1) is 8.06. The van der Waals surface area contributed by atoms with E-state index < -0.39 is 0 Å². The largest absolute Gasteiger partial charge is 0.384 e. The van der Waals surface area contributed by atoms with Crippen molar-refractivity contribution in [1.82, 2.24) is 15.2 Å². The number of hydrogen-bond donors (Lipinski definition) is 3. The Morgan fingerprint density at radius 3 is 2.88 bits per heavy atom. The van der Waals surface area contributed by atoms with E-state index in [2.05, 4.69) is 31.1 Å². The Kier molecular flexibility index (Phi) is 3.49. The Morgan fingerprint density at radius 1 is 1.53 bits per heavy atom. The molecule has 4 N–H and O–H groups in total. The SMILES string of the molecule is Cc1nc(Sc2ccc(Br)cc2C(=N)N)n[nH]1. The number of amidine groups is 1. The summed E-state index contributed by atoms with van der Waals surface area (Å²) in [6, 6.07) is 5.59. The fourth-order valence-electron chi connectivity index (χ4n) is 1.27. The molecule has 5 nitrogen and oxygen atoms in total. The minimum Gasteiger partial charge on any atom is -0.384 e. The molecule has 1 aromatic heterocycles. The zero-order chi connectivity index (χ0) is 12.4. The van der Waals surface area contributed by atoms with Crippen molar-refractivity contribution in [1.29, 1.82) is 5.41 Å². The van der Waals surface area contributed by atoms with Gasteiger partial charge in [0.25, 0.3) is 0 Å². The molecule has 0 saturated heterocycles. The van der Waals surface area contributed by atoms with Crippen molar-refractivity contribution in [3.63, 3.8) is 0 Å². The molecule has 1 aromatic carbocycles. The number of halogens is 1. The molecule has 88 valence electrons. The molecule has 0 aliphatic rings. The standard InChI is InChI=1S/C10H10BrN5S/c1-5-14-10(16-15-5)17-8-3-2-6(11)4-7(8)9(12)13/h2-4H,1H3,(H3,12,13)(H,14,15,16). The summed E-state index contributed by atoms with van der Waals surface area (Å²) in [7, 11) is 0. The first-order valence-corrected chi connectivity index (χ1v) is 6.38. The molecular formula is C10H10BrN5S. The van der Waals surface area contributed by atoms with Gasteiger partial charge in [0.2, 0.25) is 5.16 Å². The van der Waals surface area contributed by atoms with Crippen LogP contribution in [0.25, 0.3) is 0 Å².